The summed E-state index contributed by atoms with van der Waals surface area (Å²) < 4.78 is 0. The molecule has 4 heteroatoms. The van der Waals surface area contributed by atoms with Gasteiger partial charge in [0.05, 0.1) is 5.69 Å². The molecule has 0 fully saturated rings. The van der Waals surface area contributed by atoms with Crippen LogP contribution in [0.1, 0.15) is 5.56 Å². The lowest BCUT2D eigenvalue weighted by molar-refractivity contribution is -0.119. The quantitative estimate of drug-likeness (QED) is 0.683. The first-order valence-electron chi connectivity index (χ1n) is 8.70. The maximum absolute atomic E-state index is 11.7. The van der Waals surface area contributed by atoms with Crippen LogP contribution >= 0.6 is 0 Å². The third-order valence-corrected chi connectivity index (χ3v) is 4.49. The fourth-order valence-corrected chi connectivity index (χ4v) is 3.01. The zero-order valence-electron chi connectivity index (χ0n) is 14.8. The average Bonchev–Trinajstić information content (AvgIpc) is 3.02. The van der Waals surface area contributed by atoms with Gasteiger partial charge in [0.2, 0.25) is 0 Å². The highest BCUT2D eigenvalue weighted by Gasteiger charge is 2.24. The molecule has 3 aromatic rings. The molecule has 2 amide bonds. The van der Waals surface area contributed by atoms with E-state index < -0.39 is 0 Å². The van der Waals surface area contributed by atoms with Crippen LogP contribution in [-0.2, 0) is 9.59 Å². The van der Waals surface area contributed by atoms with Crippen LogP contribution < -0.4 is 10.2 Å². The summed E-state index contributed by atoms with van der Waals surface area (Å²) >= 11 is 0. The van der Waals surface area contributed by atoms with E-state index >= 15 is 0 Å². The van der Waals surface area contributed by atoms with Crippen molar-refractivity contribution in [3.8, 4) is 11.1 Å². The van der Waals surface area contributed by atoms with Crippen LogP contribution in [-0.4, -0.2) is 11.8 Å². The van der Waals surface area contributed by atoms with Crippen molar-refractivity contribution in [3.63, 3.8) is 0 Å². The lowest BCUT2D eigenvalue weighted by Crippen LogP contribution is -2.29. The number of hydrogen-bond acceptors (Lipinski definition) is 3. The van der Waals surface area contributed by atoms with E-state index in [1.54, 1.807) is 12.1 Å². The summed E-state index contributed by atoms with van der Waals surface area (Å²) in [6.07, 6.45) is 2.56. The highest BCUT2D eigenvalue weighted by molar-refractivity contribution is 6.28. The van der Waals surface area contributed by atoms with Gasteiger partial charge in [0.15, 0.2) is 0 Å². The Morgan fingerprint density at radius 1 is 0.630 bits per heavy atom. The van der Waals surface area contributed by atoms with Gasteiger partial charge in [-0.3, -0.25) is 9.59 Å². The van der Waals surface area contributed by atoms with Crippen molar-refractivity contribution in [2.45, 2.75) is 6.92 Å². The molecule has 0 atom stereocenters. The normalized spacial score (nSPS) is 13.3. The van der Waals surface area contributed by atoms with Crippen molar-refractivity contribution in [2.75, 3.05) is 10.2 Å². The Morgan fingerprint density at radius 3 is 1.59 bits per heavy atom. The molecule has 0 spiro atoms. The first-order chi connectivity index (χ1) is 13.1. The Morgan fingerprint density at radius 2 is 1.07 bits per heavy atom. The molecule has 132 valence electrons. The average molecular weight is 354 g/mol. The molecule has 1 aliphatic heterocycles. The fourth-order valence-electron chi connectivity index (χ4n) is 3.01. The lowest BCUT2D eigenvalue weighted by Gasteiger charge is -2.14. The number of rotatable bonds is 4. The predicted octanol–water partition coefficient (Wildman–Crippen LogP) is 4.84. The van der Waals surface area contributed by atoms with E-state index in [0.717, 1.165) is 21.8 Å². The van der Waals surface area contributed by atoms with Gasteiger partial charge in [0, 0.05) is 23.5 Å². The zero-order chi connectivity index (χ0) is 18.8. The first kappa shape index (κ1) is 16.8. The van der Waals surface area contributed by atoms with Gasteiger partial charge in [-0.2, -0.15) is 0 Å². The summed E-state index contributed by atoms with van der Waals surface area (Å²) in [5.41, 5.74) is 6.01. The van der Waals surface area contributed by atoms with Gasteiger partial charge >= 0.3 is 0 Å². The van der Waals surface area contributed by atoms with Gasteiger partial charge in [-0.1, -0.05) is 42.0 Å². The third kappa shape index (κ3) is 3.51. The van der Waals surface area contributed by atoms with Crippen LogP contribution in [0.5, 0.6) is 0 Å². The number of imide groups is 1. The second-order valence-electron chi connectivity index (χ2n) is 6.46. The van der Waals surface area contributed by atoms with E-state index in [1.807, 2.05) is 24.3 Å². The van der Waals surface area contributed by atoms with Crippen molar-refractivity contribution in [1.29, 1.82) is 0 Å². The number of amides is 2. The van der Waals surface area contributed by atoms with Crippen molar-refractivity contribution in [2.24, 2.45) is 0 Å². The Balaban J connectivity index is 1.47. The second kappa shape index (κ2) is 6.92. The van der Waals surface area contributed by atoms with Gasteiger partial charge in [-0.25, -0.2) is 4.90 Å². The number of nitrogens with zero attached hydrogens (tertiary/aromatic N) is 1. The first-order valence-corrected chi connectivity index (χ1v) is 8.70. The summed E-state index contributed by atoms with van der Waals surface area (Å²) in [4.78, 5) is 24.6. The van der Waals surface area contributed by atoms with E-state index in [1.165, 1.54) is 23.3 Å². The molecule has 0 radical (unpaired) electrons. The van der Waals surface area contributed by atoms with Crippen LogP contribution in [0.4, 0.5) is 17.1 Å². The van der Waals surface area contributed by atoms with Crippen molar-refractivity contribution in [3.05, 3.63) is 90.5 Å². The number of benzene rings is 3. The Bertz CT molecular complexity index is 999. The molecule has 4 nitrogen and oxygen atoms in total. The smallest absolute Gasteiger partial charge is 0.258 e. The SMILES string of the molecule is Cc1ccc(-c2ccc(Nc3ccc(N4C(=O)C=CC4=O)cc3)cc2)cc1. The Kier molecular flexibility index (Phi) is 4.30. The third-order valence-electron chi connectivity index (χ3n) is 4.49. The second-order valence-corrected chi connectivity index (χ2v) is 6.46. The summed E-state index contributed by atoms with van der Waals surface area (Å²) in [5, 5.41) is 3.33. The van der Waals surface area contributed by atoms with E-state index in [0.29, 0.717) is 5.69 Å². The Labute approximate surface area is 157 Å². The van der Waals surface area contributed by atoms with Crippen molar-refractivity contribution in [1.82, 2.24) is 0 Å². The predicted molar refractivity (Wildman–Crippen MR) is 108 cm³/mol. The molecule has 1 N–H and O–H groups in total. The molecule has 0 saturated carbocycles. The topological polar surface area (TPSA) is 49.4 Å². The van der Waals surface area contributed by atoms with Gasteiger partial charge in [0.25, 0.3) is 11.8 Å². The zero-order valence-corrected chi connectivity index (χ0v) is 14.8. The molecule has 0 bridgehead atoms. The minimum atomic E-state index is -0.313. The van der Waals surface area contributed by atoms with E-state index in [2.05, 4.69) is 48.6 Å². The van der Waals surface area contributed by atoms with Crippen LogP contribution in [0.3, 0.4) is 0 Å². The maximum Gasteiger partial charge on any atom is 0.258 e. The fraction of sp³-hybridized carbons (Fsp3) is 0.0435. The molecule has 0 unspecified atom stereocenters. The highest BCUT2D eigenvalue weighted by Crippen LogP contribution is 2.26. The van der Waals surface area contributed by atoms with E-state index in [9.17, 15) is 9.59 Å². The summed E-state index contributed by atoms with van der Waals surface area (Å²) in [7, 11) is 0. The van der Waals surface area contributed by atoms with Crippen LogP contribution in [0.2, 0.25) is 0 Å². The van der Waals surface area contributed by atoms with Crippen LogP contribution in [0.15, 0.2) is 84.9 Å². The minimum absolute atomic E-state index is 0.313. The molecule has 4 rings (SSSR count). The van der Waals surface area contributed by atoms with Crippen molar-refractivity contribution >= 4 is 28.9 Å². The number of carbonyl (C=O) groups excluding carboxylic acids is 2. The van der Waals surface area contributed by atoms with E-state index in [-0.39, 0.29) is 11.8 Å². The monoisotopic (exact) mass is 354 g/mol. The number of hydrogen-bond donors (Lipinski definition) is 1. The molecular formula is C23H18N2O2. The summed E-state index contributed by atoms with van der Waals surface area (Å²) in [6, 6.07) is 23.9. The molecular weight excluding hydrogens is 336 g/mol. The molecule has 0 aromatic heterocycles. The highest BCUT2D eigenvalue weighted by atomic mass is 16.2. The molecule has 0 saturated heterocycles. The largest absolute Gasteiger partial charge is 0.356 e. The summed E-state index contributed by atoms with van der Waals surface area (Å²) in [6.45, 7) is 2.08. The Hall–Kier alpha value is -3.66. The summed E-state index contributed by atoms with van der Waals surface area (Å²) in [5.74, 6) is -0.625. The molecule has 1 aliphatic rings. The standard InChI is InChI=1S/C23H18N2O2/c1-16-2-4-17(5-3-16)18-6-8-19(9-7-18)24-20-10-12-21(13-11-20)25-22(26)14-15-23(25)27/h2-15,24H,1H3. The molecule has 27 heavy (non-hydrogen) atoms. The minimum Gasteiger partial charge on any atom is -0.356 e. The molecule has 0 aliphatic carbocycles. The number of carbonyl (C=O) groups is 2. The van der Waals surface area contributed by atoms with Crippen molar-refractivity contribution < 1.29 is 9.59 Å². The van der Waals surface area contributed by atoms with Gasteiger partial charge < -0.3 is 5.32 Å². The van der Waals surface area contributed by atoms with Crippen LogP contribution in [0, 0.1) is 6.92 Å². The van der Waals surface area contributed by atoms with Gasteiger partial charge in [-0.15, -0.1) is 0 Å². The van der Waals surface area contributed by atoms with E-state index in [4.69, 9.17) is 0 Å². The molecule has 1 heterocycles. The molecule has 3 aromatic carbocycles. The number of anilines is 3. The van der Waals surface area contributed by atoms with Gasteiger partial charge in [-0.05, 0) is 54.4 Å². The van der Waals surface area contributed by atoms with Crippen LogP contribution in [0.25, 0.3) is 11.1 Å². The maximum atomic E-state index is 11.7. The lowest BCUT2D eigenvalue weighted by atomic mass is 10.0. The number of aryl methyl sites for hydroxylation is 1. The number of nitrogens with one attached hydrogen (secondary N) is 1. The van der Waals surface area contributed by atoms with Gasteiger partial charge in [0.1, 0.15) is 0 Å².